The maximum absolute atomic E-state index is 11.3. The van der Waals surface area contributed by atoms with E-state index in [4.69, 9.17) is 5.26 Å². The van der Waals surface area contributed by atoms with Gasteiger partial charge in [0.05, 0.1) is 5.69 Å². The monoisotopic (exact) mass is 215 g/mol. The highest BCUT2D eigenvalue weighted by Gasteiger charge is 1.99. The first kappa shape index (κ1) is 11.9. The number of hydrogen-bond donors (Lipinski definition) is 2. The third-order valence-electron chi connectivity index (χ3n) is 1.93. The van der Waals surface area contributed by atoms with Crippen molar-refractivity contribution < 1.29 is 4.79 Å². The maximum Gasteiger partial charge on any atom is 0.319 e. The molecule has 0 aliphatic carbocycles. The van der Waals surface area contributed by atoms with Crippen LogP contribution in [0, 0.1) is 23.5 Å². The minimum atomic E-state index is -0.261. The van der Waals surface area contributed by atoms with Crippen LogP contribution in [0.1, 0.15) is 25.3 Å². The summed E-state index contributed by atoms with van der Waals surface area (Å²) in [7, 11) is 0. The molecule has 0 radical (unpaired) electrons. The van der Waals surface area contributed by atoms with E-state index < -0.39 is 0 Å². The predicted molar refractivity (Wildman–Crippen MR) is 60.8 cm³/mol. The summed E-state index contributed by atoms with van der Waals surface area (Å²) < 4.78 is 0. The normalized spacial score (nSPS) is 8.75. The summed E-state index contributed by atoms with van der Waals surface area (Å²) in [6.45, 7) is 2.71. The molecule has 16 heavy (non-hydrogen) atoms. The van der Waals surface area contributed by atoms with Gasteiger partial charge in [0.25, 0.3) is 0 Å². The SMILES string of the molecule is CCCCNC(=O)Nc1c#cc(C#N)cc1. The van der Waals surface area contributed by atoms with Gasteiger partial charge in [0.15, 0.2) is 0 Å². The van der Waals surface area contributed by atoms with Crippen LogP contribution in [0.3, 0.4) is 0 Å². The molecule has 0 spiro atoms. The van der Waals surface area contributed by atoms with Crippen LogP contribution in [0.25, 0.3) is 0 Å². The fraction of sp³-hybridized carbons (Fsp3) is 0.333. The topological polar surface area (TPSA) is 64.9 Å². The number of nitrogens with zero attached hydrogens (tertiary/aromatic N) is 1. The first-order valence-corrected chi connectivity index (χ1v) is 5.15. The summed E-state index contributed by atoms with van der Waals surface area (Å²) in [6, 6.07) is 10.2. The van der Waals surface area contributed by atoms with Crippen molar-refractivity contribution in [3.8, 4) is 6.07 Å². The van der Waals surface area contributed by atoms with Gasteiger partial charge >= 0.3 is 6.03 Å². The van der Waals surface area contributed by atoms with Gasteiger partial charge in [-0.25, -0.2) is 4.79 Å². The van der Waals surface area contributed by atoms with Crippen LogP contribution in [-0.2, 0) is 0 Å². The first-order chi connectivity index (χ1) is 7.76. The van der Waals surface area contributed by atoms with Gasteiger partial charge in [0.2, 0.25) is 0 Å². The van der Waals surface area contributed by atoms with Crippen molar-refractivity contribution in [2.24, 2.45) is 0 Å². The van der Waals surface area contributed by atoms with Crippen LogP contribution >= 0.6 is 0 Å². The molecule has 2 amide bonds. The molecule has 0 aliphatic rings. The number of urea groups is 1. The Bertz CT molecular complexity index is 378. The lowest BCUT2D eigenvalue weighted by Gasteiger charge is -2.04. The first-order valence-electron chi connectivity index (χ1n) is 5.15. The molecule has 0 aromatic heterocycles. The molecule has 0 aliphatic heterocycles. The Kier molecular flexibility index (Phi) is 4.69. The summed E-state index contributed by atoms with van der Waals surface area (Å²) in [5.74, 6) is 0. The number of rotatable bonds is 4. The molecule has 0 atom stereocenters. The van der Waals surface area contributed by atoms with Gasteiger partial charge in [-0.1, -0.05) is 13.3 Å². The molecule has 4 nitrogen and oxygen atoms in total. The van der Waals surface area contributed by atoms with E-state index in [9.17, 15) is 4.79 Å². The van der Waals surface area contributed by atoms with Gasteiger partial charge < -0.3 is 10.6 Å². The maximum atomic E-state index is 11.3. The van der Waals surface area contributed by atoms with E-state index in [1.807, 2.05) is 6.07 Å². The molecular formula is C12H13N3O. The molecule has 82 valence electrons. The Morgan fingerprint density at radius 1 is 1.50 bits per heavy atom. The number of carbonyl (C=O) groups is 1. The van der Waals surface area contributed by atoms with E-state index in [1.165, 1.54) is 0 Å². The standard InChI is InChI=1S/C12H13N3O/c1-2-3-8-14-12(16)15-11-6-4-10(9-13)5-7-11/h4,6H,2-3,8H2,1H3,(H2,14,15,16). The van der Waals surface area contributed by atoms with Crippen LogP contribution in [0.4, 0.5) is 10.5 Å². The van der Waals surface area contributed by atoms with E-state index in [0.717, 1.165) is 12.8 Å². The van der Waals surface area contributed by atoms with Crippen LogP contribution < -0.4 is 10.6 Å². The molecule has 2 N–H and O–H groups in total. The highest BCUT2D eigenvalue weighted by atomic mass is 16.2. The zero-order valence-electron chi connectivity index (χ0n) is 9.13. The average molecular weight is 215 g/mol. The second-order valence-corrected chi connectivity index (χ2v) is 3.26. The number of carbonyl (C=O) groups excluding carboxylic acids is 1. The number of anilines is 1. The fourth-order valence-corrected chi connectivity index (χ4v) is 1.07. The van der Waals surface area contributed by atoms with E-state index >= 15 is 0 Å². The van der Waals surface area contributed by atoms with Gasteiger partial charge in [-0.3, -0.25) is 0 Å². The molecule has 1 rings (SSSR count). The Hall–Kier alpha value is -2.20. The minimum absolute atomic E-state index is 0.261. The summed E-state index contributed by atoms with van der Waals surface area (Å²) in [5.41, 5.74) is 0.907. The fourth-order valence-electron chi connectivity index (χ4n) is 1.07. The summed E-state index contributed by atoms with van der Waals surface area (Å²) in [6.07, 6.45) is 1.99. The number of unbranched alkanes of at least 4 members (excludes halogenated alkanes) is 1. The van der Waals surface area contributed by atoms with Crippen LogP contribution in [0.2, 0.25) is 0 Å². The summed E-state index contributed by atoms with van der Waals surface area (Å²) >= 11 is 0. The minimum Gasteiger partial charge on any atom is -0.338 e. The van der Waals surface area contributed by atoms with E-state index in [0.29, 0.717) is 17.8 Å². The molecule has 1 aromatic carbocycles. The third-order valence-corrected chi connectivity index (χ3v) is 1.93. The lowest BCUT2D eigenvalue weighted by molar-refractivity contribution is 0.252. The van der Waals surface area contributed by atoms with Crippen molar-refractivity contribution in [1.29, 1.82) is 5.26 Å². The quantitative estimate of drug-likeness (QED) is 0.755. The molecule has 4 heteroatoms. The second-order valence-electron chi connectivity index (χ2n) is 3.26. The second kappa shape index (κ2) is 6.31. The van der Waals surface area contributed by atoms with Gasteiger partial charge in [0, 0.05) is 6.54 Å². The van der Waals surface area contributed by atoms with Crippen molar-refractivity contribution >= 4 is 11.7 Å². The molecule has 0 saturated carbocycles. The predicted octanol–water partition coefficient (Wildman–Crippen LogP) is 2.08. The molecule has 0 saturated heterocycles. The molecular weight excluding hydrogens is 202 g/mol. The highest BCUT2D eigenvalue weighted by molar-refractivity contribution is 5.88. The third kappa shape index (κ3) is 3.89. The van der Waals surface area contributed by atoms with Crippen molar-refractivity contribution in [1.82, 2.24) is 5.32 Å². The van der Waals surface area contributed by atoms with Crippen molar-refractivity contribution in [2.45, 2.75) is 19.8 Å². The Morgan fingerprint density at radius 3 is 2.88 bits per heavy atom. The van der Waals surface area contributed by atoms with Crippen LogP contribution in [0.15, 0.2) is 12.1 Å². The van der Waals surface area contributed by atoms with Crippen LogP contribution in [-0.4, -0.2) is 12.6 Å². The van der Waals surface area contributed by atoms with Crippen molar-refractivity contribution in [3.63, 3.8) is 0 Å². The van der Waals surface area contributed by atoms with E-state index in [1.54, 1.807) is 12.1 Å². The Balaban J connectivity index is 2.41. The van der Waals surface area contributed by atoms with Gasteiger partial charge in [-0.15, -0.1) is 0 Å². The zero-order valence-corrected chi connectivity index (χ0v) is 9.13. The largest absolute Gasteiger partial charge is 0.338 e. The van der Waals surface area contributed by atoms with E-state index in [2.05, 4.69) is 29.7 Å². The smallest absolute Gasteiger partial charge is 0.319 e. The van der Waals surface area contributed by atoms with E-state index in [-0.39, 0.29) is 6.03 Å². The van der Waals surface area contributed by atoms with Gasteiger partial charge in [0.1, 0.15) is 11.6 Å². The van der Waals surface area contributed by atoms with Gasteiger partial charge in [-0.05, 0) is 30.7 Å². The molecule has 0 bridgehead atoms. The lowest BCUT2D eigenvalue weighted by Crippen LogP contribution is -2.29. The van der Waals surface area contributed by atoms with Crippen LogP contribution in [0.5, 0.6) is 0 Å². The summed E-state index contributed by atoms with van der Waals surface area (Å²) in [5, 5.41) is 13.9. The van der Waals surface area contributed by atoms with Crippen molar-refractivity contribution in [3.05, 3.63) is 29.8 Å². The molecule has 0 unspecified atom stereocenters. The molecule has 1 aromatic rings. The summed E-state index contributed by atoms with van der Waals surface area (Å²) in [4.78, 5) is 11.3. The highest BCUT2D eigenvalue weighted by Crippen LogP contribution is 2.02. The molecule has 0 heterocycles. The number of nitrogens with one attached hydrogen (secondary N) is 2. The molecule has 0 fully saturated rings. The number of hydrogen-bond acceptors (Lipinski definition) is 2. The Labute approximate surface area is 95.3 Å². The van der Waals surface area contributed by atoms with Gasteiger partial charge in [-0.2, -0.15) is 5.26 Å². The number of nitriles is 1. The number of amides is 2. The zero-order chi connectivity index (χ0) is 11.8. The Morgan fingerprint density at radius 2 is 2.31 bits per heavy atom. The lowest BCUT2D eigenvalue weighted by atomic mass is 10.3. The average Bonchev–Trinajstić information content (AvgIpc) is 2.30. The van der Waals surface area contributed by atoms with Crippen molar-refractivity contribution in [2.75, 3.05) is 11.9 Å².